The first kappa shape index (κ1) is 12.0. The molecule has 0 aromatic rings. The van der Waals surface area contributed by atoms with E-state index in [1.165, 1.54) is 0 Å². The van der Waals surface area contributed by atoms with Gasteiger partial charge in [-0.05, 0) is 26.4 Å². The van der Waals surface area contributed by atoms with Crippen molar-refractivity contribution in [3.05, 3.63) is 0 Å². The van der Waals surface area contributed by atoms with E-state index < -0.39 is 0 Å². The van der Waals surface area contributed by atoms with Crippen LogP contribution < -0.4 is 10.6 Å². The average Bonchev–Trinajstić information content (AvgIpc) is 2.13. The Morgan fingerprint density at radius 1 is 1.38 bits per heavy atom. The van der Waals surface area contributed by atoms with Gasteiger partial charge in [-0.15, -0.1) is 12.3 Å². The summed E-state index contributed by atoms with van der Waals surface area (Å²) in [5.74, 6) is 2.65. The van der Waals surface area contributed by atoms with Crippen molar-refractivity contribution in [2.45, 2.75) is 25.7 Å². The van der Waals surface area contributed by atoms with Gasteiger partial charge in [-0.3, -0.25) is 4.79 Å². The highest BCUT2D eigenvalue weighted by atomic mass is 16.1. The number of carbonyl (C=O) groups is 1. The summed E-state index contributed by atoms with van der Waals surface area (Å²) in [6, 6.07) is 0. The summed E-state index contributed by atoms with van der Waals surface area (Å²) < 4.78 is 0. The molecule has 0 unspecified atom stereocenters. The molecule has 74 valence electrons. The summed E-state index contributed by atoms with van der Waals surface area (Å²) in [6.07, 6.45) is 8.16. The van der Waals surface area contributed by atoms with Gasteiger partial charge in [0, 0.05) is 19.4 Å². The van der Waals surface area contributed by atoms with E-state index in [9.17, 15) is 4.79 Å². The Balaban J connectivity index is 3.16. The van der Waals surface area contributed by atoms with Crippen LogP contribution in [0.15, 0.2) is 0 Å². The van der Waals surface area contributed by atoms with Crippen molar-refractivity contribution in [1.29, 1.82) is 0 Å². The first-order valence-corrected chi connectivity index (χ1v) is 4.66. The maximum Gasteiger partial charge on any atom is 0.220 e. The van der Waals surface area contributed by atoms with Gasteiger partial charge in [-0.2, -0.15) is 0 Å². The molecule has 3 nitrogen and oxygen atoms in total. The highest BCUT2D eigenvalue weighted by Crippen LogP contribution is 1.88. The van der Waals surface area contributed by atoms with Crippen molar-refractivity contribution in [3.63, 3.8) is 0 Å². The molecule has 0 rings (SSSR count). The number of hydrogen-bond donors (Lipinski definition) is 2. The summed E-state index contributed by atoms with van der Waals surface area (Å²) in [5, 5.41) is 5.81. The fraction of sp³-hybridized carbons (Fsp3) is 0.700. The van der Waals surface area contributed by atoms with E-state index >= 15 is 0 Å². The normalized spacial score (nSPS) is 9.23. The third-order valence-corrected chi connectivity index (χ3v) is 1.65. The minimum atomic E-state index is 0.118. The molecule has 0 aromatic carbocycles. The second-order valence-electron chi connectivity index (χ2n) is 2.86. The molecule has 0 atom stereocenters. The molecule has 3 heteroatoms. The van der Waals surface area contributed by atoms with Gasteiger partial charge in [-0.1, -0.05) is 0 Å². The van der Waals surface area contributed by atoms with Gasteiger partial charge in [0.1, 0.15) is 0 Å². The van der Waals surface area contributed by atoms with Gasteiger partial charge in [0.05, 0.1) is 0 Å². The summed E-state index contributed by atoms with van der Waals surface area (Å²) >= 11 is 0. The Bertz CT molecular complexity index is 172. The summed E-state index contributed by atoms with van der Waals surface area (Å²) in [7, 11) is 1.88. The van der Waals surface area contributed by atoms with Crippen molar-refractivity contribution >= 4 is 5.91 Å². The smallest absolute Gasteiger partial charge is 0.220 e. The van der Waals surface area contributed by atoms with Crippen LogP contribution in [0.25, 0.3) is 0 Å². The van der Waals surface area contributed by atoms with Crippen LogP contribution in [0.1, 0.15) is 25.7 Å². The zero-order valence-corrected chi connectivity index (χ0v) is 8.23. The maximum atomic E-state index is 11.1. The molecule has 0 radical (unpaired) electrons. The predicted molar refractivity (Wildman–Crippen MR) is 54.2 cm³/mol. The lowest BCUT2D eigenvalue weighted by Gasteiger charge is -2.03. The summed E-state index contributed by atoms with van der Waals surface area (Å²) in [4.78, 5) is 11.1. The number of nitrogens with one attached hydrogen (secondary N) is 2. The quantitative estimate of drug-likeness (QED) is 0.445. The molecule has 0 aliphatic heterocycles. The number of terminal acetylenes is 1. The lowest BCUT2D eigenvalue weighted by Crippen LogP contribution is -2.25. The van der Waals surface area contributed by atoms with E-state index in [0.29, 0.717) is 13.0 Å². The Labute approximate surface area is 80.3 Å². The number of carbonyl (C=O) groups excluding carboxylic acids is 1. The Hall–Kier alpha value is -1.01. The monoisotopic (exact) mass is 182 g/mol. The van der Waals surface area contributed by atoms with Crippen LogP contribution >= 0.6 is 0 Å². The minimum absolute atomic E-state index is 0.118. The molecule has 13 heavy (non-hydrogen) atoms. The fourth-order valence-electron chi connectivity index (χ4n) is 0.932. The van der Waals surface area contributed by atoms with E-state index in [-0.39, 0.29) is 5.91 Å². The fourth-order valence-corrected chi connectivity index (χ4v) is 0.932. The van der Waals surface area contributed by atoms with Crippen LogP contribution in [-0.2, 0) is 4.79 Å². The first-order chi connectivity index (χ1) is 6.31. The summed E-state index contributed by atoms with van der Waals surface area (Å²) in [6.45, 7) is 1.58. The molecule has 0 aromatic heterocycles. The Morgan fingerprint density at radius 2 is 2.15 bits per heavy atom. The van der Waals surface area contributed by atoms with Crippen molar-refractivity contribution in [2.75, 3.05) is 20.1 Å². The highest BCUT2D eigenvalue weighted by molar-refractivity contribution is 5.75. The molecule has 2 N–H and O–H groups in total. The minimum Gasteiger partial charge on any atom is -0.356 e. The van der Waals surface area contributed by atoms with Crippen LogP contribution in [0.3, 0.4) is 0 Å². The summed E-state index contributed by atoms with van der Waals surface area (Å²) in [5.41, 5.74) is 0. The third-order valence-electron chi connectivity index (χ3n) is 1.65. The van der Waals surface area contributed by atoms with E-state index in [0.717, 1.165) is 25.8 Å². The molecular formula is C10H18N2O. The Morgan fingerprint density at radius 3 is 2.77 bits per heavy atom. The van der Waals surface area contributed by atoms with E-state index in [1.54, 1.807) is 0 Å². The van der Waals surface area contributed by atoms with Crippen LogP contribution in [0.4, 0.5) is 0 Å². The molecule has 0 spiro atoms. The molecule has 0 bridgehead atoms. The SMILES string of the molecule is C#CCCCNC(=O)CCCNC. The molecule has 0 saturated heterocycles. The van der Waals surface area contributed by atoms with Crippen molar-refractivity contribution in [1.82, 2.24) is 10.6 Å². The topological polar surface area (TPSA) is 41.1 Å². The van der Waals surface area contributed by atoms with Crippen LogP contribution in [-0.4, -0.2) is 26.0 Å². The second kappa shape index (κ2) is 9.08. The number of rotatable bonds is 7. The molecule has 0 aliphatic carbocycles. The van der Waals surface area contributed by atoms with Crippen molar-refractivity contribution in [3.8, 4) is 12.3 Å². The largest absolute Gasteiger partial charge is 0.356 e. The van der Waals surface area contributed by atoms with Crippen LogP contribution in [0, 0.1) is 12.3 Å². The highest BCUT2D eigenvalue weighted by Gasteiger charge is 1.98. The van der Waals surface area contributed by atoms with E-state index in [1.807, 2.05) is 7.05 Å². The molecule has 0 saturated carbocycles. The van der Waals surface area contributed by atoms with E-state index in [2.05, 4.69) is 16.6 Å². The van der Waals surface area contributed by atoms with Gasteiger partial charge in [0.25, 0.3) is 0 Å². The molecule has 1 amide bonds. The predicted octanol–water partition coefficient (Wildman–Crippen LogP) is 0.516. The lowest BCUT2D eigenvalue weighted by molar-refractivity contribution is -0.121. The average molecular weight is 182 g/mol. The molecule has 0 fully saturated rings. The van der Waals surface area contributed by atoms with Crippen molar-refractivity contribution in [2.24, 2.45) is 0 Å². The standard InChI is InChI=1S/C10H18N2O/c1-3-4-5-9-12-10(13)7-6-8-11-2/h1,11H,4-9H2,2H3,(H,12,13). The third kappa shape index (κ3) is 8.90. The number of amides is 1. The van der Waals surface area contributed by atoms with Gasteiger partial charge in [-0.25, -0.2) is 0 Å². The van der Waals surface area contributed by atoms with Crippen molar-refractivity contribution < 1.29 is 4.79 Å². The second-order valence-corrected chi connectivity index (χ2v) is 2.86. The zero-order valence-electron chi connectivity index (χ0n) is 8.23. The van der Waals surface area contributed by atoms with Gasteiger partial charge >= 0.3 is 0 Å². The zero-order chi connectivity index (χ0) is 9.94. The lowest BCUT2D eigenvalue weighted by atomic mass is 10.3. The molecule has 0 aliphatic rings. The maximum absolute atomic E-state index is 11.1. The van der Waals surface area contributed by atoms with Gasteiger partial charge < -0.3 is 10.6 Å². The Kier molecular flexibility index (Phi) is 8.38. The number of hydrogen-bond acceptors (Lipinski definition) is 2. The molecular weight excluding hydrogens is 164 g/mol. The van der Waals surface area contributed by atoms with Crippen LogP contribution in [0.5, 0.6) is 0 Å². The van der Waals surface area contributed by atoms with Gasteiger partial charge in [0.15, 0.2) is 0 Å². The first-order valence-electron chi connectivity index (χ1n) is 4.66. The van der Waals surface area contributed by atoms with Gasteiger partial charge in [0.2, 0.25) is 5.91 Å². The molecule has 0 heterocycles. The number of unbranched alkanes of at least 4 members (excludes halogenated alkanes) is 1. The van der Waals surface area contributed by atoms with E-state index in [4.69, 9.17) is 6.42 Å². The van der Waals surface area contributed by atoms with Crippen LogP contribution in [0.2, 0.25) is 0 Å².